The number of non-ortho nitro benzene ring substituents is 1. The summed E-state index contributed by atoms with van der Waals surface area (Å²) >= 11 is 0. The Labute approximate surface area is 190 Å². The molecule has 0 saturated carbocycles. The van der Waals surface area contributed by atoms with Crippen molar-refractivity contribution in [2.24, 2.45) is 5.16 Å². The molecule has 0 N–H and O–H groups in total. The summed E-state index contributed by atoms with van der Waals surface area (Å²) in [6.07, 6.45) is 3.76. The van der Waals surface area contributed by atoms with E-state index in [2.05, 4.69) is 64.5 Å². The molecule has 0 unspecified atom stereocenters. The molecule has 6 heteroatoms. The number of nitro groups is 1. The van der Waals surface area contributed by atoms with Crippen molar-refractivity contribution in [2.75, 3.05) is 0 Å². The van der Waals surface area contributed by atoms with Crippen molar-refractivity contribution >= 4 is 33.6 Å². The zero-order valence-electron chi connectivity index (χ0n) is 17.8. The third kappa shape index (κ3) is 4.45. The average Bonchev–Trinajstić information content (AvgIpc) is 3.19. The Morgan fingerprint density at radius 1 is 0.879 bits per heavy atom. The number of aromatic nitrogens is 1. The van der Waals surface area contributed by atoms with Gasteiger partial charge >= 0.3 is 0 Å². The largest absolute Gasteiger partial charge is 0.391 e. The fourth-order valence-corrected chi connectivity index (χ4v) is 4.01. The van der Waals surface area contributed by atoms with Gasteiger partial charge in [0.2, 0.25) is 0 Å². The summed E-state index contributed by atoms with van der Waals surface area (Å²) in [5.41, 5.74) is 4.02. The van der Waals surface area contributed by atoms with Gasteiger partial charge in [0.1, 0.15) is 6.61 Å². The molecule has 0 aliphatic rings. The van der Waals surface area contributed by atoms with E-state index in [1.54, 1.807) is 18.3 Å². The van der Waals surface area contributed by atoms with Crippen LogP contribution in [-0.2, 0) is 18.0 Å². The highest BCUT2D eigenvalue weighted by molar-refractivity contribution is 5.99. The minimum atomic E-state index is -0.419. The summed E-state index contributed by atoms with van der Waals surface area (Å²) < 4.78 is 2.21. The fourth-order valence-electron chi connectivity index (χ4n) is 4.01. The Morgan fingerprint density at radius 3 is 2.58 bits per heavy atom. The lowest BCUT2D eigenvalue weighted by Gasteiger charge is -2.07. The second kappa shape index (κ2) is 8.96. The van der Waals surface area contributed by atoms with E-state index in [9.17, 15) is 10.1 Å². The van der Waals surface area contributed by atoms with E-state index in [1.165, 1.54) is 28.5 Å². The third-order valence-corrected chi connectivity index (χ3v) is 5.61. The summed E-state index contributed by atoms with van der Waals surface area (Å²) in [5, 5.41) is 18.6. The molecule has 0 aliphatic heterocycles. The first-order valence-electron chi connectivity index (χ1n) is 10.6. The Kier molecular flexibility index (Phi) is 5.55. The van der Waals surface area contributed by atoms with Crippen molar-refractivity contribution in [3.8, 4) is 0 Å². The molecule has 0 amide bonds. The maximum absolute atomic E-state index is 10.9. The van der Waals surface area contributed by atoms with Gasteiger partial charge in [-0.05, 0) is 34.0 Å². The second-order valence-corrected chi connectivity index (χ2v) is 7.85. The van der Waals surface area contributed by atoms with E-state index in [1.807, 2.05) is 18.2 Å². The first kappa shape index (κ1) is 20.5. The normalized spacial score (nSPS) is 11.4. The number of hydrogen-bond acceptors (Lipinski definition) is 4. The Hall–Kier alpha value is -4.45. The van der Waals surface area contributed by atoms with Gasteiger partial charge in [-0.15, -0.1) is 0 Å². The zero-order chi connectivity index (χ0) is 22.6. The van der Waals surface area contributed by atoms with Crippen LogP contribution >= 0.6 is 0 Å². The van der Waals surface area contributed by atoms with Crippen molar-refractivity contribution in [3.05, 3.63) is 124 Å². The van der Waals surface area contributed by atoms with Crippen LogP contribution in [0.2, 0.25) is 0 Å². The van der Waals surface area contributed by atoms with Crippen LogP contribution in [-0.4, -0.2) is 15.7 Å². The number of nitro benzene ring substituents is 1. The van der Waals surface area contributed by atoms with Crippen molar-refractivity contribution in [2.45, 2.75) is 13.2 Å². The van der Waals surface area contributed by atoms with Gasteiger partial charge in [-0.25, -0.2) is 0 Å². The van der Waals surface area contributed by atoms with Crippen molar-refractivity contribution in [1.29, 1.82) is 0 Å². The van der Waals surface area contributed by atoms with Gasteiger partial charge in [-0.1, -0.05) is 71.9 Å². The maximum atomic E-state index is 10.9. The lowest BCUT2D eigenvalue weighted by atomic mass is 10.1. The van der Waals surface area contributed by atoms with Gasteiger partial charge in [0.05, 0.1) is 11.1 Å². The van der Waals surface area contributed by atoms with E-state index in [-0.39, 0.29) is 12.3 Å². The maximum Gasteiger partial charge on any atom is 0.269 e. The van der Waals surface area contributed by atoms with Crippen LogP contribution in [0.3, 0.4) is 0 Å². The molecule has 0 bridgehead atoms. The van der Waals surface area contributed by atoms with E-state index in [4.69, 9.17) is 4.84 Å². The van der Waals surface area contributed by atoms with E-state index >= 15 is 0 Å². The molecular weight excluding hydrogens is 414 g/mol. The minimum Gasteiger partial charge on any atom is -0.391 e. The monoisotopic (exact) mass is 435 g/mol. The first-order valence-corrected chi connectivity index (χ1v) is 10.6. The Balaban J connectivity index is 1.35. The quantitative estimate of drug-likeness (QED) is 0.171. The molecule has 1 aromatic heterocycles. The van der Waals surface area contributed by atoms with Crippen LogP contribution in [0.15, 0.2) is 102 Å². The van der Waals surface area contributed by atoms with Crippen LogP contribution in [0.1, 0.15) is 16.7 Å². The molecule has 0 atom stereocenters. The number of fused-ring (bicyclic) bond motifs is 2. The number of hydrogen-bond donors (Lipinski definition) is 0. The van der Waals surface area contributed by atoms with Crippen LogP contribution in [0, 0.1) is 10.1 Å². The van der Waals surface area contributed by atoms with Gasteiger partial charge in [0.25, 0.3) is 5.69 Å². The number of benzene rings is 4. The van der Waals surface area contributed by atoms with Gasteiger partial charge < -0.3 is 9.40 Å². The second-order valence-electron chi connectivity index (χ2n) is 7.85. The number of oxime groups is 1. The molecule has 5 aromatic rings. The lowest BCUT2D eigenvalue weighted by Crippen LogP contribution is -1.97. The Morgan fingerprint density at radius 2 is 1.70 bits per heavy atom. The highest BCUT2D eigenvalue weighted by atomic mass is 16.6. The molecule has 5 rings (SSSR count). The van der Waals surface area contributed by atoms with Crippen molar-refractivity contribution < 1.29 is 9.76 Å². The van der Waals surface area contributed by atoms with Gasteiger partial charge in [0, 0.05) is 41.3 Å². The third-order valence-electron chi connectivity index (χ3n) is 5.61. The van der Waals surface area contributed by atoms with Gasteiger partial charge in [0.15, 0.2) is 0 Å². The van der Waals surface area contributed by atoms with E-state index in [0.29, 0.717) is 5.56 Å². The lowest BCUT2D eigenvalue weighted by molar-refractivity contribution is -0.384. The highest BCUT2D eigenvalue weighted by Crippen LogP contribution is 2.23. The molecule has 0 saturated heterocycles. The predicted octanol–water partition coefficient (Wildman–Crippen LogP) is 6.30. The summed E-state index contributed by atoms with van der Waals surface area (Å²) in [4.78, 5) is 15.9. The van der Waals surface area contributed by atoms with Gasteiger partial charge in [-0.2, -0.15) is 0 Å². The zero-order valence-corrected chi connectivity index (χ0v) is 17.8. The molecule has 0 aliphatic carbocycles. The topological polar surface area (TPSA) is 69.7 Å². The van der Waals surface area contributed by atoms with Crippen LogP contribution in [0.25, 0.3) is 21.7 Å². The van der Waals surface area contributed by atoms with Crippen molar-refractivity contribution in [1.82, 2.24) is 4.57 Å². The Bertz CT molecular complexity index is 1490. The highest BCUT2D eigenvalue weighted by Gasteiger charge is 2.08. The summed E-state index contributed by atoms with van der Waals surface area (Å²) in [5.74, 6) is 0. The minimum absolute atomic E-state index is 0.0387. The predicted molar refractivity (Wildman–Crippen MR) is 130 cm³/mol. The van der Waals surface area contributed by atoms with Crippen LogP contribution < -0.4 is 0 Å². The molecule has 6 nitrogen and oxygen atoms in total. The van der Waals surface area contributed by atoms with Crippen LogP contribution in [0.5, 0.6) is 0 Å². The smallest absolute Gasteiger partial charge is 0.269 e. The molecular formula is C27H21N3O3. The summed E-state index contributed by atoms with van der Waals surface area (Å²) in [6.45, 7) is 0.904. The van der Waals surface area contributed by atoms with Gasteiger partial charge in [-0.3, -0.25) is 10.1 Å². The first-order chi connectivity index (χ1) is 16.2. The number of para-hydroxylation sites is 1. The number of nitrogens with zero attached hydrogens (tertiary/aromatic N) is 3. The molecule has 0 spiro atoms. The average molecular weight is 435 g/mol. The number of rotatable bonds is 7. The molecule has 0 radical (unpaired) electrons. The summed E-state index contributed by atoms with van der Waals surface area (Å²) in [6, 6.07) is 29.4. The van der Waals surface area contributed by atoms with Crippen molar-refractivity contribution in [3.63, 3.8) is 0 Å². The molecule has 4 aromatic carbocycles. The SMILES string of the molecule is O=[N+]([O-])c1cccc(CO/N=C\c2cn(Cc3ccc4ccccc4c3)c3ccccc23)c1. The molecule has 33 heavy (non-hydrogen) atoms. The van der Waals surface area contributed by atoms with E-state index < -0.39 is 4.92 Å². The van der Waals surface area contributed by atoms with E-state index in [0.717, 1.165) is 23.0 Å². The molecule has 162 valence electrons. The molecule has 0 fully saturated rings. The molecule has 1 heterocycles. The standard InChI is InChI=1S/C27H21N3O3/c31-30(32)25-9-5-6-21(15-25)19-33-28-16-24-18-29(27-11-4-3-10-26(24)27)17-20-12-13-22-7-1-2-8-23(22)14-20/h1-16,18H,17,19H2/b28-16-. The summed E-state index contributed by atoms with van der Waals surface area (Å²) in [7, 11) is 0. The van der Waals surface area contributed by atoms with Crippen LogP contribution in [0.4, 0.5) is 5.69 Å². The fraction of sp³-hybridized carbons (Fsp3) is 0.0741.